The topological polar surface area (TPSA) is 95.0 Å². The third kappa shape index (κ3) is 3.74. The number of aromatic nitrogens is 3. The van der Waals surface area contributed by atoms with Crippen molar-refractivity contribution in [2.75, 3.05) is 6.54 Å². The standard InChI is InChI=1S/C22H27N5O2S/c1-22(2,3)26(21(28)29)13-14-4-6-15(7-5-14)27-18(8-10-23)25-17-12-24-16-9-11-30-20(16)19(17)27/h9,11-12,14-15H,4-8,13H2,1-3H3,(H,28,29)/t14-,15-. The Kier molecular flexibility index (Phi) is 5.41. The summed E-state index contributed by atoms with van der Waals surface area (Å²) in [6, 6.07) is 4.55. The lowest BCUT2D eigenvalue weighted by Crippen LogP contribution is -2.47. The van der Waals surface area contributed by atoms with Crippen molar-refractivity contribution >= 4 is 38.7 Å². The predicted octanol–water partition coefficient (Wildman–Crippen LogP) is 5.22. The molecule has 1 N–H and O–H groups in total. The van der Waals surface area contributed by atoms with Crippen LogP contribution in [-0.4, -0.2) is 42.7 Å². The molecule has 1 aliphatic rings. The number of rotatable bonds is 4. The van der Waals surface area contributed by atoms with E-state index < -0.39 is 11.6 Å². The Morgan fingerprint density at radius 2 is 2.07 bits per heavy atom. The average molecular weight is 426 g/mol. The maximum absolute atomic E-state index is 11.7. The molecule has 3 heterocycles. The minimum absolute atomic E-state index is 0.273. The van der Waals surface area contributed by atoms with E-state index in [2.05, 4.69) is 15.6 Å². The van der Waals surface area contributed by atoms with Crippen molar-refractivity contribution < 1.29 is 9.90 Å². The van der Waals surface area contributed by atoms with E-state index in [1.807, 2.05) is 38.4 Å². The zero-order valence-electron chi connectivity index (χ0n) is 17.6. The van der Waals surface area contributed by atoms with E-state index in [1.165, 1.54) is 0 Å². The number of amides is 1. The predicted molar refractivity (Wildman–Crippen MR) is 118 cm³/mol. The highest BCUT2D eigenvalue weighted by Crippen LogP contribution is 2.38. The van der Waals surface area contributed by atoms with Gasteiger partial charge in [-0.05, 0) is 63.8 Å². The molecule has 0 aromatic carbocycles. The molecule has 0 unspecified atom stereocenters. The molecule has 3 aromatic heterocycles. The van der Waals surface area contributed by atoms with Crippen molar-refractivity contribution in [1.82, 2.24) is 19.4 Å². The summed E-state index contributed by atoms with van der Waals surface area (Å²) in [7, 11) is 0. The van der Waals surface area contributed by atoms with Crippen molar-refractivity contribution in [3.8, 4) is 6.07 Å². The first kappa shape index (κ1) is 20.6. The van der Waals surface area contributed by atoms with Crippen LogP contribution in [0.15, 0.2) is 17.6 Å². The fraction of sp³-hybridized carbons (Fsp3) is 0.545. The summed E-state index contributed by atoms with van der Waals surface area (Å²) in [5.74, 6) is 1.16. The van der Waals surface area contributed by atoms with E-state index in [-0.39, 0.29) is 12.5 Å². The average Bonchev–Trinajstić information content (AvgIpc) is 3.29. The smallest absolute Gasteiger partial charge is 0.407 e. The lowest BCUT2D eigenvalue weighted by molar-refractivity contribution is 0.0803. The summed E-state index contributed by atoms with van der Waals surface area (Å²) in [5, 5.41) is 21.0. The number of nitrogens with zero attached hydrogens (tertiary/aromatic N) is 5. The van der Waals surface area contributed by atoms with Gasteiger partial charge in [-0.25, -0.2) is 9.78 Å². The molecule has 7 nitrogen and oxygen atoms in total. The SMILES string of the molecule is CC(C)(C)N(C[C@H]1CC[C@H](n2c(CC#N)nc3cnc4ccsc4c32)CC1)C(=O)O. The molecule has 158 valence electrons. The van der Waals surface area contributed by atoms with E-state index in [0.29, 0.717) is 12.5 Å². The van der Waals surface area contributed by atoms with Gasteiger partial charge in [0, 0.05) is 18.1 Å². The van der Waals surface area contributed by atoms with E-state index >= 15 is 0 Å². The highest BCUT2D eigenvalue weighted by molar-refractivity contribution is 7.18. The van der Waals surface area contributed by atoms with Gasteiger partial charge in [-0.1, -0.05) is 0 Å². The van der Waals surface area contributed by atoms with Crippen LogP contribution in [-0.2, 0) is 6.42 Å². The molecule has 0 atom stereocenters. The van der Waals surface area contributed by atoms with E-state index in [0.717, 1.165) is 52.8 Å². The first-order chi connectivity index (χ1) is 14.3. The maximum Gasteiger partial charge on any atom is 0.407 e. The van der Waals surface area contributed by atoms with Crippen LogP contribution in [0.2, 0.25) is 0 Å². The van der Waals surface area contributed by atoms with Crippen LogP contribution in [0.4, 0.5) is 4.79 Å². The number of carbonyl (C=O) groups is 1. The highest BCUT2D eigenvalue weighted by atomic mass is 32.1. The number of thiophene rings is 1. The number of nitriles is 1. The molecule has 0 aliphatic heterocycles. The lowest BCUT2D eigenvalue weighted by atomic mass is 9.84. The molecule has 0 saturated heterocycles. The van der Waals surface area contributed by atoms with Gasteiger partial charge >= 0.3 is 6.09 Å². The van der Waals surface area contributed by atoms with Crippen LogP contribution in [0, 0.1) is 17.2 Å². The number of hydrogen-bond donors (Lipinski definition) is 1. The number of imidazole rings is 1. The molecule has 1 fully saturated rings. The molecule has 0 spiro atoms. The Morgan fingerprint density at radius 1 is 1.33 bits per heavy atom. The number of hydrogen-bond acceptors (Lipinski definition) is 5. The van der Waals surface area contributed by atoms with Crippen LogP contribution < -0.4 is 0 Å². The maximum atomic E-state index is 11.7. The molecule has 3 aromatic rings. The first-order valence-corrected chi connectivity index (χ1v) is 11.3. The Hall–Kier alpha value is -2.66. The molecule has 0 bridgehead atoms. The third-order valence-corrected chi connectivity index (χ3v) is 7.01. The second-order valence-corrected chi connectivity index (χ2v) is 10.0. The first-order valence-electron chi connectivity index (χ1n) is 10.4. The van der Waals surface area contributed by atoms with Gasteiger partial charge in [-0.3, -0.25) is 4.98 Å². The molecular formula is C22H27N5O2S. The van der Waals surface area contributed by atoms with E-state index in [9.17, 15) is 15.2 Å². The molecule has 0 radical (unpaired) electrons. The van der Waals surface area contributed by atoms with Crippen LogP contribution in [0.5, 0.6) is 0 Å². The summed E-state index contributed by atoms with van der Waals surface area (Å²) >= 11 is 1.66. The number of fused-ring (bicyclic) bond motifs is 3. The van der Waals surface area contributed by atoms with Crippen LogP contribution in [0.1, 0.15) is 58.3 Å². The summed E-state index contributed by atoms with van der Waals surface area (Å²) in [4.78, 5) is 22.5. The molecular weight excluding hydrogens is 398 g/mol. The summed E-state index contributed by atoms with van der Waals surface area (Å²) in [6.07, 6.45) is 5.08. The van der Waals surface area contributed by atoms with Crippen LogP contribution in [0.3, 0.4) is 0 Å². The molecule has 30 heavy (non-hydrogen) atoms. The van der Waals surface area contributed by atoms with Gasteiger partial charge < -0.3 is 14.6 Å². The van der Waals surface area contributed by atoms with Crippen molar-refractivity contribution in [2.45, 2.75) is 64.5 Å². The highest BCUT2D eigenvalue weighted by Gasteiger charge is 2.32. The van der Waals surface area contributed by atoms with Crippen molar-refractivity contribution in [1.29, 1.82) is 5.26 Å². The normalized spacial score (nSPS) is 19.8. The van der Waals surface area contributed by atoms with Gasteiger partial charge in [-0.15, -0.1) is 11.3 Å². The lowest BCUT2D eigenvalue weighted by Gasteiger charge is -2.38. The van der Waals surface area contributed by atoms with Gasteiger partial charge in [-0.2, -0.15) is 5.26 Å². The van der Waals surface area contributed by atoms with Crippen LogP contribution in [0.25, 0.3) is 21.3 Å². The Morgan fingerprint density at radius 3 is 2.70 bits per heavy atom. The fourth-order valence-electron chi connectivity index (χ4n) is 4.60. The zero-order valence-corrected chi connectivity index (χ0v) is 18.4. The number of carboxylic acid groups (broad SMARTS) is 1. The third-order valence-electron chi connectivity index (χ3n) is 6.10. The molecule has 1 saturated carbocycles. The second-order valence-electron chi connectivity index (χ2n) is 9.10. The Labute approximate surface area is 180 Å². The van der Waals surface area contributed by atoms with Gasteiger partial charge in [0.15, 0.2) is 0 Å². The van der Waals surface area contributed by atoms with Crippen molar-refractivity contribution in [3.05, 3.63) is 23.5 Å². The fourth-order valence-corrected chi connectivity index (χ4v) is 5.49. The molecule has 8 heteroatoms. The number of pyridine rings is 1. The summed E-state index contributed by atoms with van der Waals surface area (Å²) < 4.78 is 3.39. The summed E-state index contributed by atoms with van der Waals surface area (Å²) in [6.45, 7) is 6.40. The Bertz CT molecular complexity index is 1110. The summed E-state index contributed by atoms with van der Waals surface area (Å²) in [5.41, 5.74) is 2.50. The monoisotopic (exact) mass is 425 g/mol. The van der Waals surface area contributed by atoms with Crippen molar-refractivity contribution in [3.63, 3.8) is 0 Å². The Balaban J connectivity index is 1.60. The quantitative estimate of drug-likeness (QED) is 0.618. The zero-order chi connectivity index (χ0) is 21.5. The van der Waals surface area contributed by atoms with Gasteiger partial charge in [0.25, 0.3) is 0 Å². The van der Waals surface area contributed by atoms with Crippen molar-refractivity contribution in [2.24, 2.45) is 5.92 Å². The molecule has 1 aliphatic carbocycles. The minimum Gasteiger partial charge on any atom is -0.465 e. The second kappa shape index (κ2) is 7.88. The molecule has 1 amide bonds. The van der Waals surface area contributed by atoms with Crippen LogP contribution >= 0.6 is 11.3 Å². The van der Waals surface area contributed by atoms with Gasteiger partial charge in [0.1, 0.15) is 11.3 Å². The molecule has 4 rings (SSSR count). The van der Waals surface area contributed by atoms with Gasteiger partial charge in [0.2, 0.25) is 0 Å². The van der Waals surface area contributed by atoms with Gasteiger partial charge in [0.05, 0.1) is 34.4 Å². The van der Waals surface area contributed by atoms with E-state index in [4.69, 9.17) is 4.98 Å². The minimum atomic E-state index is -0.853. The van der Waals surface area contributed by atoms with E-state index in [1.54, 1.807) is 16.2 Å². The largest absolute Gasteiger partial charge is 0.465 e.